The maximum Gasteiger partial charge on any atom is 0.350 e. The zero-order chi connectivity index (χ0) is 17.2. The maximum absolute atomic E-state index is 12.4. The van der Waals surface area contributed by atoms with Gasteiger partial charge in [0.25, 0.3) is 0 Å². The molecule has 0 atom stereocenters. The van der Waals surface area contributed by atoms with Crippen molar-refractivity contribution < 1.29 is 19.0 Å². The average Bonchev–Trinajstić information content (AvgIpc) is 3.26. The molecular formula is C19H15NO4S. The van der Waals surface area contributed by atoms with E-state index in [1.807, 2.05) is 55.5 Å². The van der Waals surface area contributed by atoms with Crippen molar-refractivity contribution in [1.29, 1.82) is 0 Å². The molecule has 0 unspecified atom stereocenters. The monoisotopic (exact) mass is 353 g/mol. The van der Waals surface area contributed by atoms with Gasteiger partial charge in [-0.3, -0.25) is 0 Å². The van der Waals surface area contributed by atoms with Crippen LogP contribution in [0.1, 0.15) is 20.9 Å². The normalized spacial score (nSPS) is 12.2. The third-order valence-electron chi connectivity index (χ3n) is 3.81. The Balaban J connectivity index is 1.47. The van der Waals surface area contributed by atoms with Gasteiger partial charge in [-0.1, -0.05) is 36.4 Å². The lowest BCUT2D eigenvalue weighted by Crippen LogP contribution is -2.04. The lowest BCUT2D eigenvalue weighted by molar-refractivity contribution is 0.0477. The summed E-state index contributed by atoms with van der Waals surface area (Å²) in [6.45, 7) is 2.22. The molecule has 2 aromatic carbocycles. The number of carbonyl (C=O) groups is 1. The van der Waals surface area contributed by atoms with Gasteiger partial charge in [-0.2, -0.15) is 0 Å². The molecule has 2 heterocycles. The van der Waals surface area contributed by atoms with Gasteiger partial charge in [0.15, 0.2) is 11.5 Å². The standard InChI is InChI=1S/C19H15NO4S/c1-12-17(25-18(20-12)14-5-3-2-4-6-14)19(21)22-10-13-7-8-15-16(9-13)24-11-23-15/h2-9H,10-11H2,1H3. The molecule has 0 bridgehead atoms. The second-order valence-corrected chi connectivity index (χ2v) is 6.56. The van der Waals surface area contributed by atoms with Crippen molar-refractivity contribution in [3.63, 3.8) is 0 Å². The molecule has 3 aromatic rings. The number of nitrogens with zero attached hydrogens (tertiary/aromatic N) is 1. The van der Waals surface area contributed by atoms with Gasteiger partial charge >= 0.3 is 5.97 Å². The van der Waals surface area contributed by atoms with E-state index in [4.69, 9.17) is 14.2 Å². The Bertz CT molecular complexity index is 920. The summed E-state index contributed by atoms with van der Waals surface area (Å²) in [7, 11) is 0. The zero-order valence-electron chi connectivity index (χ0n) is 13.5. The fourth-order valence-corrected chi connectivity index (χ4v) is 3.50. The van der Waals surface area contributed by atoms with E-state index in [0.29, 0.717) is 22.1 Å². The molecule has 0 fully saturated rings. The Labute approximate surface area is 148 Å². The van der Waals surface area contributed by atoms with Crippen LogP contribution in [0.4, 0.5) is 0 Å². The van der Waals surface area contributed by atoms with Crippen LogP contribution in [0.25, 0.3) is 10.6 Å². The molecular weight excluding hydrogens is 338 g/mol. The van der Waals surface area contributed by atoms with E-state index in [1.165, 1.54) is 11.3 Å². The van der Waals surface area contributed by atoms with Crippen molar-refractivity contribution in [2.24, 2.45) is 0 Å². The number of benzene rings is 2. The van der Waals surface area contributed by atoms with Crippen LogP contribution in [-0.2, 0) is 11.3 Å². The second-order valence-electron chi connectivity index (χ2n) is 5.56. The highest BCUT2D eigenvalue weighted by molar-refractivity contribution is 7.17. The second kappa shape index (κ2) is 6.57. The zero-order valence-corrected chi connectivity index (χ0v) is 14.3. The lowest BCUT2D eigenvalue weighted by Gasteiger charge is -2.05. The van der Waals surface area contributed by atoms with E-state index in [1.54, 1.807) is 0 Å². The molecule has 6 heteroatoms. The van der Waals surface area contributed by atoms with Crippen LogP contribution >= 0.6 is 11.3 Å². The van der Waals surface area contributed by atoms with Crippen LogP contribution in [0.3, 0.4) is 0 Å². The molecule has 0 N–H and O–H groups in total. The van der Waals surface area contributed by atoms with Crippen molar-refractivity contribution in [1.82, 2.24) is 4.98 Å². The van der Waals surface area contributed by atoms with Crippen LogP contribution in [0.5, 0.6) is 11.5 Å². The summed E-state index contributed by atoms with van der Waals surface area (Å²) >= 11 is 1.35. The van der Waals surface area contributed by atoms with E-state index in [0.717, 1.165) is 16.1 Å². The molecule has 1 aliphatic rings. The largest absolute Gasteiger partial charge is 0.457 e. The minimum absolute atomic E-state index is 0.174. The molecule has 1 aliphatic heterocycles. The Kier molecular flexibility index (Phi) is 4.11. The van der Waals surface area contributed by atoms with Gasteiger partial charge in [0, 0.05) is 5.56 Å². The first-order valence-electron chi connectivity index (χ1n) is 7.79. The maximum atomic E-state index is 12.4. The topological polar surface area (TPSA) is 57.7 Å². The van der Waals surface area contributed by atoms with Crippen molar-refractivity contribution in [3.05, 3.63) is 64.7 Å². The molecule has 0 spiro atoms. The highest BCUT2D eigenvalue weighted by Crippen LogP contribution is 2.33. The van der Waals surface area contributed by atoms with Crippen molar-refractivity contribution in [3.8, 4) is 22.1 Å². The van der Waals surface area contributed by atoms with E-state index >= 15 is 0 Å². The van der Waals surface area contributed by atoms with Crippen LogP contribution < -0.4 is 9.47 Å². The number of hydrogen-bond donors (Lipinski definition) is 0. The Morgan fingerprint density at radius 3 is 2.80 bits per heavy atom. The van der Waals surface area contributed by atoms with Crippen LogP contribution in [0, 0.1) is 6.92 Å². The first-order chi connectivity index (χ1) is 12.2. The first-order valence-corrected chi connectivity index (χ1v) is 8.61. The fourth-order valence-electron chi connectivity index (χ4n) is 2.54. The number of esters is 1. The number of rotatable bonds is 4. The summed E-state index contributed by atoms with van der Waals surface area (Å²) in [6.07, 6.45) is 0. The molecule has 0 amide bonds. The van der Waals surface area contributed by atoms with Gasteiger partial charge in [-0.15, -0.1) is 11.3 Å². The number of hydrogen-bond acceptors (Lipinski definition) is 6. The molecule has 0 saturated heterocycles. The Morgan fingerprint density at radius 2 is 1.96 bits per heavy atom. The lowest BCUT2D eigenvalue weighted by atomic mass is 10.2. The third kappa shape index (κ3) is 3.21. The number of ether oxygens (including phenoxy) is 3. The summed E-state index contributed by atoms with van der Waals surface area (Å²) in [5.74, 6) is 1.02. The van der Waals surface area contributed by atoms with Gasteiger partial charge in [-0.05, 0) is 24.6 Å². The summed E-state index contributed by atoms with van der Waals surface area (Å²) in [6, 6.07) is 15.3. The van der Waals surface area contributed by atoms with E-state index in [-0.39, 0.29) is 19.4 Å². The highest BCUT2D eigenvalue weighted by Gasteiger charge is 2.18. The molecule has 5 nitrogen and oxygen atoms in total. The van der Waals surface area contributed by atoms with Crippen molar-refractivity contribution >= 4 is 17.3 Å². The fraction of sp³-hybridized carbons (Fsp3) is 0.158. The van der Waals surface area contributed by atoms with Gasteiger partial charge in [0.1, 0.15) is 16.5 Å². The SMILES string of the molecule is Cc1nc(-c2ccccc2)sc1C(=O)OCc1ccc2c(c1)OCO2. The van der Waals surface area contributed by atoms with Gasteiger partial charge in [-0.25, -0.2) is 9.78 Å². The Morgan fingerprint density at radius 1 is 1.16 bits per heavy atom. The minimum Gasteiger partial charge on any atom is -0.457 e. The summed E-state index contributed by atoms with van der Waals surface area (Å²) in [5.41, 5.74) is 2.52. The number of aryl methyl sites for hydroxylation is 1. The number of thiazole rings is 1. The molecule has 4 rings (SSSR count). The summed E-state index contributed by atoms with van der Waals surface area (Å²) in [4.78, 5) is 17.4. The first kappa shape index (κ1) is 15.7. The van der Waals surface area contributed by atoms with Gasteiger partial charge in [0.05, 0.1) is 5.69 Å². The highest BCUT2D eigenvalue weighted by atomic mass is 32.1. The summed E-state index contributed by atoms with van der Waals surface area (Å²) in [5, 5.41) is 0.813. The smallest absolute Gasteiger partial charge is 0.350 e. The minimum atomic E-state index is -0.366. The van der Waals surface area contributed by atoms with E-state index in [9.17, 15) is 4.79 Å². The van der Waals surface area contributed by atoms with Crippen LogP contribution in [0.15, 0.2) is 48.5 Å². The molecule has 1 aromatic heterocycles. The van der Waals surface area contributed by atoms with E-state index < -0.39 is 0 Å². The predicted octanol–water partition coefficient (Wildman–Crippen LogP) is 4.20. The van der Waals surface area contributed by atoms with E-state index in [2.05, 4.69) is 4.98 Å². The number of fused-ring (bicyclic) bond motifs is 1. The summed E-state index contributed by atoms with van der Waals surface area (Å²) < 4.78 is 16.0. The van der Waals surface area contributed by atoms with Crippen molar-refractivity contribution in [2.45, 2.75) is 13.5 Å². The number of aromatic nitrogens is 1. The Hall–Kier alpha value is -2.86. The van der Waals surface area contributed by atoms with Crippen LogP contribution in [-0.4, -0.2) is 17.7 Å². The molecule has 126 valence electrons. The third-order valence-corrected chi connectivity index (χ3v) is 5.00. The predicted molar refractivity (Wildman–Crippen MR) is 94.0 cm³/mol. The molecule has 25 heavy (non-hydrogen) atoms. The average molecular weight is 353 g/mol. The van der Waals surface area contributed by atoms with Crippen molar-refractivity contribution in [2.75, 3.05) is 6.79 Å². The quantitative estimate of drug-likeness (QED) is 0.658. The van der Waals surface area contributed by atoms with Gasteiger partial charge < -0.3 is 14.2 Å². The molecule has 0 aliphatic carbocycles. The van der Waals surface area contributed by atoms with Crippen LogP contribution in [0.2, 0.25) is 0 Å². The molecule has 0 saturated carbocycles. The number of carbonyl (C=O) groups excluding carboxylic acids is 1. The van der Waals surface area contributed by atoms with Gasteiger partial charge in [0.2, 0.25) is 6.79 Å². The molecule has 0 radical (unpaired) electrons.